The maximum Gasteiger partial charge on any atom is 0.123 e. The second-order valence-electron chi connectivity index (χ2n) is 4.19. The van der Waals surface area contributed by atoms with E-state index in [1.165, 1.54) is 17.0 Å². The summed E-state index contributed by atoms with van der Waals surface area (Å²) >= 11 is 5.16. The summed E-state index contributed by atoms with van der Waals surface area (Å²) in [5.74, 6) is 0.641. The van der Waals surface area contributed by atoms with E-state index in [0.717, 1.165) is 21.5 Å². The van der Waals surface area contributed by atoms with Gasteiger partial charge in [-0.1, -0.05) is 34.1 Å². The van der Waals surface area contributed by atoms with Crippen LogP contribution < -0.4 is 5.32 Å². The summed E-state index contributed by atoms with van der Waals surface area (Å²) in [6, 6.07) is 12.8. The monoisotopic (exact) mass is 351 g/mol. The summed E-state index contributed by atoms with van der Waals surface area (Å²) in [7, 11) is 0. The Kier molecular flexibility index (Phi) is 5.68. The molecule has 0 aliphatic rings. The molecule has 0 radical (unpaired) electrons. The van der Waals surface area contributed by atoms with Gasteiger partial charge in [0.25, 0.3) is 0 Å². The van der Waals surface area contributed by atoms with Gasteiger partial charge >= 0.3 is 0 Å². The van der Waals surface area contributed by atoms with Crippen molar-refractivity contribution in [2.24, 2.45) is 0 Å². The van der Waals surface area contributed by atoms with Crippen molar-refractivity contribution in [2.45, 2.75) is 11.4 Å². The molecular formula is C16H15BrFNS. The van der Waals surface area contributed by atoms with E-state index in [-0.39, 0.29) is 5.82 Å². The average Bonchev–Trinajstić information content (AvgIpc) is 2.47. The zero-order valence-corrected chi connectivity index (χ0v) is 13.3. The van der Waals surface area contributed by atoms with Crippen LogP contribution in [-0.4, -0.2) is 5.75 Å². The molecule has 0 saturated carbocycles. The lowest BCUT2D eigenvalue weighted by atomic mass is 10.2. The number of hydrogen-bond acceptors (Lipinski definition) is 2. The summed E-state index contributed by atoms with van der Waals surface area (Å²) < 4.78 is 14.2. The van der Waals surface area contributed by atoms with Gasteiger partial charge in [0.15, 0.2) is 0 Å². The highest BCUT2D eigenvalue weighted by atomic mass is 79.9. The summed E-state index contributed by atoms with van der Waals surface area (Å²) in [5.41, 5.74) is 1.95. The van der Waals surface area contributed by atoms with Gasteiger partial charge in [-0.3, -0.25) is 0 Å². The average molecular weight is 352 g/mol. The summed E-state index contributed by atoms with van der Waals surface area (Å²) in [4.78, 5) is 1.17. The molecule has 0 aliphatic carbocycles. The second kappa shape index (κ2) is 7.50. The lowest BCUT2D eigenvalue weighted by Crippen LogP contribution is -2.02. The van der Waals surface area contributed by atoms with Crippen LogP contribution in [-0.2, 0) is 6.54 Å². The Morgan fingerprint density at radius 1 is 1.25 bits per heavy atom. The molecule has 0 heterocycles. The van der Waals surface area contributed by atoms with Gasteiger partial charge < -0.3 is 5.32 Å². The van der Waals surface area contributed by atoms with Crippen LogP contribution in [0.25, 0.3) is 0 Å². The van der Waals surface area contributed by atoms with Crippen molar-refractivity contribution in [1.82, 2.24) is 0 Å². The van der Waals surface area contributed by atoms with Gasteiger partial charge in [0.2, 0.25) is 0 Å². The van der Waals surface area contributed by atoms with Gasteiger partial charge in [-0.05, 0) is 35.9 Å². The highest BCUT2D eigenvalue weighted by Gasteiger charge is 2.04. The van der Waals surface area contributed by atoms with E-state index in [1.807, 2.05) is 24.3 Å². The first-order valence-electron chi connectivity index (χ1n) is 6.21. The minimum Gasteiger partial charge on any atom is -0.380 e. The molecule has 2 aromatic rings. The highest BCUT2D eigenvalue weighted by Crippen LogP contribution is 2.28. The van der Waals surface area contributed by atoms with Crippen LogP contribution in [0.1, 0.15) is 5.56 Å². The van der Waals surface area contributed by atoms with Gasteiger partial charge in [-0.2, -0.15) is 0 Å². The van der Waals surface area contributed by atoms with E-state index in [9.17, 15) is 4.39 Å². The van der Waals surface area contributed by atoms with Crippen LogP contribution in [0.4, 0.5) is 10.1 Å². The molecule has 2 aromatic carbocycles. The molecule has 0 spiro atoms. The summed E-state index contributed by atoms with van der Waals surface area (Å²) in [6.07, 6.45) is 1.88. The Morgan fingerprint density at radius 3 is 2.85 bits per heavy atom. The standard InChI is InChI=1S/C16H15BrFNS/c1-2-9-20-16-6-4-3-5-15(16)19-11-12-10-13(18)7-8-14(12)17/h2-8,10,19H,1,9,11H2. The first-order valence-corrected chi connectivity index (χ1v) is 7.99. The summed E-state index contributed by atoms with van der Waals surface area (Å²) in [5, 5.41) is 3.35. The molecule has 0 aromatic heterocycles. The normalized spacial score (nSPS) is 10.3. The fourth-order valence-corrected chi connectivity index (χ4v) is 2.91. The molecule has 4 heteroatoms. The molecule has 2 rings (SSSR count). The van der Waals surface area contributed by atoms with Gasteiger partial charge in [0.05, 0.1) is 0 Å². The molecule has 1 nitrogen and oxygen atoms in total. The second-order valence-corrected chi connectivity index (χ2v) is 6.10. The first-order chi connectivity index (χ1) is 9.70. The van der Waals surface area contributed by atoms with Crippen molar-refractivity contribution in [3.8, 4) is 0 Å². The molecular weight excluding hydrogens is 337 g/mol. The lowest BCUT2D eigenvalue weighted by molar-refractivity contribution is 0.625. The Balaban J connectivity index is 2.10. The maximum atomic E-state index is 13.3. The van der Waals surface area contributed by atoms with Crippen molar-refractivity contribution < 1.29 is 4.39 Å². The third-order valence-corrected chi connectivity index (χ3v) is 4.56. The van der Waals surface area contributed by atoms with Crippen molar-refractivity contribution in [2.75, 3.05) is 11.1 Å². The Bertz CT molecular complexity index is 601. The van der Waals surface area contributed by atoms with Crippen molar-refractivity contribution in [3.05, 3.63) is 71.0 Å². The molecule has 20 heavy (non-hydrogen) atoms. The van der Waals surface area contributed by atoms with Gasteiger partial charge in [0.1, 0.15) is 5.82 Å². The van der Waals surface area contributed by atoms with Gasteiger partial charge in [0, 0.05) is 27.4 Å². The molecule has 0 bridgehead atoms. The molecule has 104 valence electrons. The molecule has 0 atom stereocenters. The number of para-hydroxylation sites is 1. The van der Waals surface area contributed by atoms with Gasteiger partial charge in [-0.25, -0.2) is 4.39 Å². The molecule has 1 N–H and O–H groups in total. The van der Waals surface area contributed by atoms with Crippen LogP contribution in [0.15, 0.2) is 64.5 Å². The number of rotatable bonds is 6. The minimum atomic E-state index is -0.223. The molecule has 0 fully saturated rings. The van der Waals surface area contributed by atoms with Crippen LogP contribution in [0.2, 0.25) is 0 Å². The number of anilines is 1. The quantitative estimate of drug-likeness (QED) is 0.546. The zero-order valence-electron chi connectivity index (χ0n) is 10.9. The number of nitrogens with one attached hydrogen (secondary N) is 1. The van der Waals surface area contributed by atoms with E-state index in [1.54, 1.807) is 17.8 Å². The topological polar surface area (TPSA) is 12.0 Å². The predicted octanol–water partition coefficient (Wildman–Crippen LogP) is 5.48. The third kappa shape index (κ3) is 4.12. The lowest BCUT2D eigenvalue weighted by Gasteiger charge is -2.12. The van der Waals surface area contributed by atoms with Crippen molar-refractivity contribution >= 4 is 33.4 Å². The van der Waals surface area contributed by atoms with Gasteiger partial charge in [-0.15, -0.1) is 18.3 Å². The zero-order chi connectivity index (χ0) is 14.4. The predicted molar refractivity (Wildman–Crippen MR) is 88.8 cm³/mol. The minimum absolute atomic E-state index is 0.223. The van der Waals surface area contributed by atoms with Crippen molar-refractivity contribution in [1.29, 1.82) is 0 Å². The first kappa shape index (κ1) is 15.1. The van der Waals surface area contributed by atoms with E-state index in [2.05, 4.69) is 33.9 Å². The van der Waals surface area contributed by atoms with Crippen molar-refractivity contribution in [3.63, 3.8) is 0 Å². The molecule has 0 amide bonds. The van der Waals surface area contributed by atoms with E-state index in [4.69, 9.17) is 0 Å². The van der Waals surface area contributed by atoms with Crippen LogP contribution in [0.3, 0.4) is 0 Å². The maximum absolute atomic E-state index is 13.3. The molecule has 0 aliphatic heterocycles. The van der Waals surface area contributed by atoms with Crippen LogP contribution in [0, 0.1) is 5.82 Å². The Labute approximate surface area is 131 Å². The number of hydrogen-bond donors (Lipinski definition) is 1. The number of halogens is 2. The fraction of sp³-hybridized carbons (Fsp3) is 0.125. The Morgan fingerprint density at radius 2 is 2.05 bits per heavy atom. The van der Waals surface area contributed by atoms with Crippen LogP contribution >= 0.6 is 27.7 Å². The summed E-state index contributed by atoms with van der Waals surface area (Å²) in [6.45, 7) is 4.30. The number of thioether (sulfide) groups is 1. The largest absolute Gasteiger partial charge is 0.380 e. The third-order valence-electron chi connectivity index (χ3n) is 2.72. The molecule has 0 unspecified atom stereocenters. The fourth-order valence-electron chi connectivity index (χ4n) is 1.76. The molecule has 0 saturated heterocycles. The Hall–Kier alpha value is -1.26. The van der Waals surface area contributed by atoms with Crippen LogP contribution in [0.5, 0.6) is 0 Å². The highest BCUT2D eigenvalue weighted by molar-refractivity contribution is 9.10. The SMILES string of the molecule is C=CCSc1ccccc1NCc1cc(F)ccc1Br. The van der Waals surface area contributed by atoms with E-state index >= 15 is 0 Å². The van der Waals surface area contributed by atoms with E-state index < -0.39 is 0 Å². The van der Waals surface area contributed by atoms with E-state index in [0.29, 0.717) is 6.54 Å². The smallest absolute Gasteiger partial charge is 0.123 e. The number of benzene rings is 2.